The lowest BCUT2D eigenvalue weighted by Gasteiger charge is -2.20. The van der Waals surface area contributed by atoms with Crippen molar-refractivity contribution in [1.82, 2.24) is 10.2 Å². The second-order valence-electron chi connectivity index (χ2n) is 2.85. The Morgan fingerprint density at radius 2 is 2.14 bits per heavy atom. The van der Waals surface area contributed by atoms with E-state index in [-0.39, 0.29) is 12.3 Å². The van der Waals surface area contributed by atoms with E-state index >= 15 is 0 Å². The van der Waals surface area contributed by atoms with Gasteiger partial charge in [-0.05, 0) is 6.92 Å². The first-order chi connectivity index (χ1) is 6.52. The Hall–Kier alpha value is -1.59. The molecular weight excluding hydrogens is 186 g/mol. The Morgan fingerprint density at radius 3 is 2.50 bits per heavy atom. The number of primary amides is 1. The van der Waals surface area contributed by atoms with E-state index in [0.717, 1.165) is 4.90 Å². The van der Waals surface area contributed by atoms with Crippen LogP contribution in [0.25, 0.3) is 0 Å². The predicted octanol–water partition coefficient (Wildman–Crippen LogP) is -1.55. The second kappa shape index (κ2) is 5.95. The van der Waals surface area contributed by atoms with Gasteiger partial charge in [-0.1, -0.05) is 0 Å². The smallest absolute Gasteiger partial charge is 0.240 e. The van der Waals surface area contributed by atoms with Gasteiger partial charge in [0, 0.05) is 13.6 Å². The molecule has 0 aliphatic rings. The van der Waals surface area contributed by atoms with E-state index in [1.54, 1.807) is 6.92 Å². The molecule has 3 N–H and O–H groups in total. The topological polar surface area (TPSA) is 92.5 Å². The summed E-state index contributed by atoms with van der Waals surface area (Å²) in [5, 5.41) is 2.52. The molecule has 0 rings (SSSR count). The fourth-order valence-electron chi connectivity index (χ4n) is 0.964. The highest BCUT2D eigenvalue weighted by molar-refractivity contribution is 5.88. The standard InChI is InChI=1S/C8H15N3O3/c1-3-10-7(13)4-6(8(9)14)11(2)5-12/h5-6H,3-4H2,1-2H3,(H2,9,14)(H,10,13). The van der Waals surface area contributed by atoms with Gasteiger partial charge >= 0.3 is 0 Å². The van der Waals surface area contributed by atoms with Gasteiger partial charge in [-0.25, -0.2) is 0 Å². The molecule has 0 aromatic heterocycles. The van der Waals surface area contributed by atoms with Gasteiger partial charge in [0.15, 0.2) is 0 Å². The van der Waals surface area contributed by atoms with Crippen molar-refractivity contribution < 1.29 is 14.4 Å². The van der Waals surface area contributed by atoms with Crippen LogP contribution in [0.5, 0.6) is 0 Å². The minimum Gasteiger partial charge on any atom is -0.368 e. The lowest BCUT2D eigenvalue weighted by Crippen LogP contribution is -2.45. The summed E-state index contributed by atoms with van der Waals surface area (Å²) in [6, 6.07) is -0.876. The number of carbonyl (C=O) groups excluding carboxylic acids is 3. The van der Waals surface area contributed by atoms with Crippen molar-refractivity contribution in [2.75, 3.05) is 13.6 Å². The Kier molecular flexibility index (Phi) is 5.28. The largest absolute Gasteiger partial charge is 0.368 e. The lowest BCUT2D eigenvalue weighted by atomic mass is 10.1. The van der Waals surface area contributed by atoms with E-state index in [4.69, 9.17) is 5.73 Å². The van der Waals surface area contributed by atoms with E-state index < -0.39 is 11.9 Å². The van der Waals surface area contributed by atoms with Crippen LogP contribution in [0, 0.1) is 0 Å². The Morgan fingerprint density at radius 1 is 1.57 bits per heavy atom. The monoisotopic (exact) mass is 201 g/mol. The molecule has 0 aromatic rings. The summed E-state index contributed by atoms with van der Waals surface area (Å²) in [7, 11) is 1.40. The summed E-state index contributed by atoms with van der Waals surface area (Å²) in [6.07, 6.45) is 0.368. The van der Waals surface area contributed by atoms with E-state index in [1.165, 1.54) is 7.05 Å². The lowest BCUT2D eigenvalue weighted by molar-refractivity contribution is -0.133. The van der Waals surface area contributed by atoms with Gasteiger partial charge in [-0.2, -0.15) is 0 Å². The second-order valence-corrected chi connectivity index (χ2v) is 2.85. The van der Waals surface area contributed by atoms with Gasteiger partial charge in [0.05, 0.1) is 6.42 Å². The van der Waals surface area contributed by atoms with E-state index in [2.05, 4.69) is 5.32 Å². The minimum atomic E-state index is -0.876. The number of nitrogens with two attached hydrogens (primary N) is 1. The van der Waals surface area contributed by atoms with Crippen LogP contribution in [0.4, 0.5) is 0 Å². The molecule has 0 heterocycles. The molecule has 80 valence electrons. The zero-order chi connectivity index (χ0) is 11.1. The average Bonchev–Trinajstić information content (AvgIpc) is 2.13. The van der Waals surface area contributed by atoms with Crippen LogP contribution in [0.1, 0.15) is 13.3 Å². The molecule has 0 fully saturated rings. The number of hydrogen-bond donors (Lipinski definition) is 2. The molecular formula is C8H15N3O3. The maximum Gasteiger partial charge on any atom is 0.240 e. The van der Waals surface area contributed by atoms with Crippen molar-refractivity contribution in [2.45, 2.75) is 19.4 Å². The molecule has 0 aliphatic heterocycles. The molecule has 1 unspecified atom stereocenters. The molecule has 1 atom stereocenters. The van der Waals surface area contributed by atoms with Gasteiger partial charge in [-0.15, -0.1) is 0 Å². The number of amides is 3. The summed E-state index contributed by atoms with van der Waals surface area (Å²) < 4.78 is 0. The zero-order valence-electron chi connectivity index (χ0n) is 8.32. The number of likely N-dealkylation sites (N-methyl/N-ethyl adjacent to an activating group) is 1. The van der Waals surface area contributed by atoms with Gasteiger partial charge in [0.1, 0.15) is 6.04 Å². The van der Waals surface area contributed by atoms with Crippen molar-refractivity contribution in [2.24, 2.45) is 5.73 Å². The summed E-state index contributed by atoms with van der Waals surface area (Å²) in [4.78, 5) is 33.5. The van der Waals surface area contributed by atoms with Crippen LogP contribution in [0.3, 0.4) is 0 Å². The van der Waals surface area contributed by atoms with Crippen LogP contribution in [-0.4, -0.2) is 42.8 Å². The van der Waals surface area contributed by atoms with Crippen molar-refractivity contribution in [3.63, 3.8) is 0 Å². The quantitative estimate of drug-likeness (QED) is 0.510. The molecule has 0 saturated carbocycles. The summed E-state index contributed by atoms with van der Waals surface area (Å²) in [5.41, 5.74) is 5.04. The summed E-state index contributed by atoms with van der Waals surface area (Å²) >= 11 is 0. The van der Waals surface area contributed by atoms with Crippen molar-refractivity contribution in [3.05, 3.63) is 0 Å². The SMILES string of the molecule is CCNC(=O)CC(C(N)=O)N(C)C=O. The molecule has 0 spiro atoms. The maximum absolute atomic E-state index is 11.1. The Bertz CT molecular complexity index is 230. The van der Waals surface area contributed by atoms with Crippen LogP contribution in [0.2, 0.25) is 0 Å². The number of hydrogen-bond acceptors (Lipinski definition) is 3. The van der Waals surface area contributed by atoms with Crippen LogP contribution in [0.15, 0.2) is 0 Å². The molecule has 6 heteroatoms. The third-order valence-corrected chi connectivity index (χ3v) is 1.74. The van der Waals surface area contributed by atoms with E-state index in [1.807, 2.05) is 0 Å². The molecule has 14 heavy (non-hydrogen) atoms. The first-order valence-corrected chi connectivity index (χ1v) is 4.26. The van der Waals surface area contributed by atoms with Crippen LogP contribution >= 0.6 is 0 Å². The van der Waals surface area contributed by atoms with Crippen molar-refractivity contribution in [1.29, 1.82) is 0 Å². The van der Waals surface area contributed by atoms with Gasteiger partial charge < -0.3 is 16.0 Å². The molecule has 0 saturated heterocycles. The number of carbonyl (C=O) groups is 3. The Labute approximate surface area is 82.4 Å². The number of rotatable bonds is 6. The van der Waals surface area contributed by atoms with Gasteiger partial charge in [-0.3, -0.25) is 14.4 Å². The first kappa shape index (κ1) is 12.4. The summed E-state index contributed by atoms with van der Waals surface area (Å²) in [6.45, 7) is 2.25. The molecule has 6 nitrogen and oxygen atoms in total. The minimum absolute atomic E-state index is 0.0988. The summed E-state index contributed by atoms with van der Waals surface area (Å²) in [5.74, 6) is -0.990. The van der Waals surface area contributed by atoms with Crippen LogP contribution < -0.4 is 11.1 Å². The third kappa shape index (κ3) is 3.88. The molecule has 0 bridgehead atoms. The van der Waals surface area contributed by atoms with E-state index in [9.17, 15) is 14.4 Å². The molecule has 0 radical (unpaired) electrons. The first-order valence-electron chi connectivity index (χ1n) is 4.26. The molecule has 0 aromatic carbocycles. The van der Waals surface area contributed by atoms with Crippen LogP contribution in [-0.2, 0) is 14.4 Å². The van der Waals surface area contributed by atoms with Crippen molar-refractivity contribution in [3.8, 4) is 0 Å². The highest BCUT2D eigenvalue weighted by Crippen LogP contribution is 1.98. The van der Waals surface area contributed by atoms with Gasteiger partial charge in [0.2, 0.25) is 18.2 Å². The highest BCUT2D eigenvalue weighted by atomic mass is 16.2. The molecule has 0 aliphatic carbocycles. The fraction of sp³-hybridized carbons (Fsp3) is 0.625. The fourth-order valence-corrected chi connectivity index (χ4v) is 0.964. The average molecular weight is 201 g/mol. The normalized spacial score (nSPS) is 11.6. The number of nitrogens with one attached hydrogen (secondary N) is 1. The van der Waals surface area contributed by atoms with Gasteiger partial charge in [0.25, 0.3) is 0 Å². The Balaban J connectivity index is 4.30. The number of nitrogens with zero attached hydrogens (tertiary/aromatic N) is 1. The predicted molar refractivity (Wildman–Crippen MR) is 50.1 cm³/mol. The highest BCUT2D eigenvalue weighted by Gasteiger charge is 2.22. The third-order valence-electron chi connectivity index (χ3n) is 1.74. The van der Waals surface area contributed by atoms with E-state index in [0.29, 0.717) is 13.0 Å². The maximum atomic E-state index is 11.1. The molecule has 3 amide bonds. The zero-order valence-corrected chi connectivity index (χ0v) is 8.32. The van der Waals surface area contributed by atoms with Crippen molar-refractivity contribution >= 4 is 18.2 Å².